The van der Waals surface area contributed by atoms with Crippen LogP contribution in [0, 0.1) is 0 Å². The Morgan fingerprint density at radius 1 is 1.56 bits per heavy atom. The van der Waals surface area contributed by atoms with Gasteiger partial charge in [-0.1, -0.05) is 0 Å². The van der Waals surface area contributed by atoms with Gasteiger partial charge < -0.3 is 20.1 Å². The molecule has 0 radical (unpaired) electrons. The fourth-order valence-electron chi connectivity index (χ4n) is 0.317. The molecule has 0 amide bonds. The maximum atomic E-state index is 9.83. The normalized spacial score (nSPS) is 21.9. The van der Waals surface area contributed by atoms with E-state index in [1.165, 1.54) is 0 Å². The highest BCUT2D eigenvalue weighted by molar-refractivity contribution is 5.50. The van der Waals surface area contributed by atoms with Gasteiger partial charge in [-0.25, -0.2) is 0 Å². The highest BCUT2D eigenvalue weighted by atomic mass is 16.4. The van der Waals surface area contributed by atoms with Crippen molar-refractivity contribution in [2.75, 3.05) is 6.61 Å². The van der Waals surface area contributed by atoms with Crippen molar-refractivity contribution < 1.29 is 21.5 Å². The zero-order valence-corrected chi connectivity index (χ0v) is 4.77. The van der Waals surface area contributed by atoms with Crippen LogP contribution in [0.5, 0.6) is 0 Å². The Labute approximate surface area is 54.1 Å². The summed E-state index contributed by atoms with van der Waals surface area (Å²) in [6, 6.07) is 0. The van der Waals surface area contributed by atoms with Crippen molar-refractivity contribution in [2.45, 2.75) is 18.6 Å². The molecule has 3 N–H and O–H groups in total. The van der Waals surface area contributed by atoms with Crippen LogP contribution in [0.4, 0.5) is 0 Å². The summed E-state index contributed by atoms with van der Waals surface area (Å²) in [6.07, 6.45) is -4.10. The number of hydrogen-bond acceptors (Lipinski definition) is 4. The van der Waals surface area contributed by atoms with Gasteiger partial charge in [0, 0.05) is 7.77 Å². The molecule has 0 heterocycles. The highest BCUT2D eigenvalue weighted by Crippen LogP contribution is 1.94. The van der Waals surface area contributed by atoms with E-state index >= 15 is 0 Å². The Kier molecular flexibility index (Phi) is 3.28. The van der Waals surface area contributed by atoms with E-state index in [9.17, 15) is 4.79 Å². The molecule has 0 rings (SSSR count). The van der Waals surface area contributed by atoms with Gasteiger partial charge in [0.1, 0.15) is 12.4 Å². The molecule has 0 aromatic rings. The average molecular weight is 135 g/mol. The Hall–Kier alpha value is -0.450. The minimum atomic E-state index is -1.50. The third-order valence-electron chi connectivity index (χ3n) is 0.857. The predicted molar refractivity (Wildman–Crippen MR) is 29.8 cm³/mol. The monoisotopic (exact) mass is 135 g/mol. The summed E-state index contributed by atoms with van der Waals surface area (Å²) in [5.74, 6) is 0. The largest absolute Gasteiger partial charge is 0.394 e. The van der Waals surface area contributed by atoms with E-state index in [-0.39, 0.29) is 6.29 Å². The standard InChI is InChI=1S/C5H10O4/c6-2-1-4(8)5(9)3-7/h2,4-5,7-9H,1,3H2/t4-,5+/m0/s1/i1D/t1-,4-,5+. The Morgan fingerprint density at radius 2 is 2.11 bits per heavy atom. The summed E-state index contributed by atoms with van der Waals surface area (Å²) in [7, 11) is 0. The fourth-order valence-corrected chi connectivity index (χ4v) is 0.317. The van der Waals surface area contributed by atoms with E-state index in [0.717, 1.165) is 0 Å². The second-order valence-corrected chi connectivity index (χ2v) is 1.57. The molecule has 0 fully saturated rings. The van der Waals surface area contributed by atoms with E-state index in [4.69, 9.17) is 16.7 Å². The van der Waals surface area contributed by atoms with E-state index in [1.54, 1.807) is 0 Å². The molecule has 0 aromatic carbocycles. The lowest BCUT2D eigenvalue weighted by atomic mass is 10.2. The predicted octanol–water partition coefficient (Wildman–Crippen LogP) is -1.71. The van der Waals surface area contributed by atoms with Gasteiger partial charge in [-0.05, 0) is 0 Å². The second kappa shape index (κ2) is 4.43. The van der Waals surface area contributed by atoms with Crippen LogP contribution in [0.2, 0.25) is 0 Å². The lowest BCUT2D eigenvalue weighted by Crippen LogP contribution is -2.29. The number of aliphatic hydroxyl groups is 3. The fraction of sp³-hybridized carbons (Fsp3) is 0.800. The van der Waals surface area contributed by atoms with Crippen LogP contribution in [-0.2, 0) is 4.79 Å². The second-order valence-electron chi connectivity index (χ2n) is 1.57. The number of rotatable bonds is 4. The van der Waals surface area contributed by atoms with E-state index < -0.39 is 25.2 Å². The molecule has 0 saturated carbocycles. The van der Waals surface area contributed by atoms with Crippen LogP contribution in [0.25, 0.3) is 0 Å². The molecule has 0 saturated heterocycles. The first kappa shape index (κ1) is 6.67. The molecule has 0 spiro atoms. The lowest BCUT2D eigenvalue weighted by Gasteiger charge is -2.11. The molecular weight excluding hydrogens is 124 g/mol. The SMILES string of the molecule is [2H][C@@H](C=O)[C@H](O)[C@H](O)CO. The number of aldehydes is 1. The van der Waals surface area contributed by atoms with Gasteiger partial charge >= 0.3 is 0 Å². The van der Waals surface area contributed by atoms with Crippen LogP contribution in [0.3, 0.4) is 0 Å². The molecular formula is C5H10O4. The number of aliphatic hydroxyl groups excluding tert-OH is 3. The summed E-state index contributed by atoms with van der Waals surface area (Å²) >= 11 is 0. The minimum Gasteiger partial charge on any atom is -0.394 e. The number of carbonyl (C=O) groups is 1. The van der Waals surface area contributed by atoms with Crippen molar-refractivity contribution in [2.24, 2.45) is 0 Å². The summed E-state index contributed by atoms with van der Waals surface area (Å²) in [5, 5.41) is 25.6. The Balaban J connectivity index is 3.80. The summed E-state index contributed by atoms with van der Waals surface area (Å²) in [5.41, 5.74) is 0. The molecule has 0 bridgehead atoms. The molecule has 54 valence electrons. The van der Waals surface area contributed by atoms with Crippen LogP contribution < -0.4 is 0 Å². The smallest absolute Gasteiger partial charge is 0.122 e. The van der Waals surface area contributed by atoms with Crippen molar-refractivity contribution in [3.8, 4) is 0 Å². The van der Waals surface area contributed by atoms with Crippen molar-refractivity contribution >= 4 is 6.29 Å². The van der Waals surface area contributed by atoms with E-state index in [0.29, 0.717) is 0 Å². The average Bonchev–Trinajstić information content (AvgIpc) is 2.00. The van der Waals surface area contributed by atoms with Crippen molar-refractivity contribution in [1.29, 1.82) is 0 Å². The topological polar surface area (TPSA) is 77.8 Å². The molecule has 0 aliphatic heterocycles. The van der Waals surface area contributed by atoms with Gasteiger partial charge in [0.05, 0.1) is 12.7 Å². The van der Waals surface area contributed by atoms with Crippen molar-refractivity contribution in [3.63, 3.8) is 0 Å². The van der Waals surface area contributed by atoms with Gasteiger partial charge in [0.25, 0.3) is 0 Å². The first-order chi connectivity index (χ1) is 4.63. The first-order valence-corrected chi connectivity index (χ1v) is 2.48. The quantitative estimate of drug-likeness (QED) is 0.401. The van der Waals surface area contributed by atoms with Gasteiger partial charge in [0.15, 0.2) is 0 Å². The zero-order valence-electron chi connectivity index (χ0n) is 5.77. The van der Waals surface area contributed by atoms with E-state index in [2.05, 4.69) is 0 Å². The van der Waals surface area contributed by atoms with Gasteiger partial charge in [-0.3, -0.25) is 0 Å². The van der Waals surface area contributed by atoms with Crippen LogP contribution >= 0.6 is 0 Å². The molecule has 4 nitrogen and oxygen atoms in total. The molecule has 9 heavy (non-hydrogen) atoms. The maximum Gasteiger partial charge on any atom is 0.122 e. The summed E-state index contributed by atoms with van der Waals surface area (Å²) < 4.78 is 6.77. The maximum absolute atomic E-state index is 9.83. The van der Waals surface area contributed by atoms with Gasteiger partial charge in [0.2, 0.25) is 0 Å². The van der Waals surface area contributed by atoms with Crippen molar-refractivity contribution in [1.82, 2.24) is 0 Å². The molecule has 0 aliphatic carbocycles. The van der Waals surface area contributed by atoms with Gasteiger partial charge in [-0.15, -0.1) is 0 Å². The summed E-state index contributed by atoms with van der Waals surface area (Å²) in [6.45, 7) is -0.648. The molecule has 0 aromatic heterocycles. The third-order valence-corrected chi connectivity index (χ3v) is 0.857. The summed E-state index contributed by atoms with van der Waals surface area (Å²) in [4.78, 5) is 9.83. The Morgan fingerprint density at radius 3 is 2.44 bits per heavy atom. The molecule has 4 heteroatoms. The lowest BCUT2D eigenvalue weighted by molar-refractivity contribution is -0.111. The molecule has 0 aliphatic rings. The van der Waals surface area contributed by atoms with Crippen LogP contribution in [0.15, 0.2) is 0 Å². The van der Waals surface area contributed by atoms with Crippen molar-refractivity contribution in [3.05, 3.63) is 0 Å². The third kappa shape index (κ3) is 3.18. The highest BCUT2D eigenvalue weighted by Gasteiger charge is 2.13. The van der Waals surface area contributed by atoms with E-state index in [1.807, 2.05) is 0 Å². The van der Waals surface area contributed by atoms with Crippen LogP contribution in [-0.4, -0.2) is 40.4 Å². The minimum absolute atomic E-state index is 0.198. The van der Waals surface area contributed by atoms with Crippen LogP contribution in [0.1, 0.15) is 7.77 Å². The Bertz CT molecular complexity index is 108. The number of hydrogen-bond donors (Lipinski definition) is 3. The number of carbonyl (C=O) groups excluding carboxylic acids is 1. The van der Waals surface area contributed by atoms with Gasteiger partial charge in [-0.2, -0.15) is 0 Å². The zero-order chi connectivity index (χ0) is 8.15. The molecule has 0 unspecified atom stereocenters. The first-order valence-electron chi connectivity index (χ1n) is 3.05. The molecule has 3 atom stereocenters.